The normalized spacial score (nSPS) is 16.1. The second kappa shape index (κ2) is 6.46. The van der Waals surface area contributed by atoms with Gasteiger partial charge in [-0.2, -0.15) is 0 Å². The van der Waals surface area contributed by atoms with E-state index in [1.165, 1.54) is 11.3 Å². The molecule has 1 aliphatic heterocycles. The Balaban J connectivity index is 1.46. The molecular formula is C12H16N6OS2. The SMILES string of the molecule is Cc1csc(N2CCN(CC(=O)Nc3nncs3)CC2)n1. The number of nitrogens with zero attached hydrogens (tertiary/aromatic N) is 5. The van der Waals surface area contributed by atoms with Crippen LogP contribution in [-0.4, -0.2) is 58.7 Å². The molecule has 112 valence electrons. The van der Waals surface area contributed by atoms with E-state index in [-0.39, 0.29) is 5.91 Å². The van der Waals surface area contributed by atoms with E-state index in [4.69, 9.17) is 0 Å². The number of amides is 1. The van der Waals surface area contributed by atoms with Crippen molar-refractivity contribution < 1.29 is 4.79 Å². The first-order chi connectivity index (χ1) is 10.2. The second-order valence-corrected chi connectivity index (χ2v) is 6.50. The Morgan fingerprint density at radius 3 is 2.76 bits per heavy atom. The Morgan fingerprint density at radius 2 is 2.14 bits per heavy atom. The van der Waals surface area contributed by atoms with E-state index in [2.05, 4.69) is 35.7 Å². The van der Waals surface area contributed by atoms with Gasteiger partial charge < -0.3 is 4.90 Å². The molecule has 0 atom stereocenters. The molecule has 0 aromatic carbocycles. The standard InChI is InChI=1S/C12H16N6OS2/c1-9-7-20-12(14-9)18-4-2-17(3-5-18)6-10(19)15-11-16-13-8-21-11/h7-8H,2-6H2,1H3,(H,15,16,19). The van der Waals surface area contributed by atoms with Gasteiger partial charge in [0.05, 0.1) is 12.2 Å². The van der Waals surface area contributed by atoms with Crippen molar-refractivity contribution >= 4 is 38.8 Å². The summed E-state index contributed by atoms with van der Waals surface area (Å²) in [5.41, 5.74) is 2.67. The van der Waals surface area contributed by atoms with Crippen LogP contribution in [0.1, 0.15) is 5.69 Å². The first-order valence-corrected chi connectivity index (χ1v) is 8.42. The van der Waals surface area contributed by atoms with Crippen LogP contribution in [0.4, 0.5) is 10.3 Å². The van der Waals surface area contributed by atoms with Gasteiger partial charge in [0.15, 0.2) is 5.13 Å². The molecule has 0 saturated carbocycles. The van der Waals surface area contributed by atoms with Gasteiger partial charge >= 0.3 is 0 Å². The monoisotopic (exact) mass is 324 g/mol. The van der Waals surface area contributed by atoms with E-state index < -0.39 is 0 Å². The Bertz CT molecular complexity index is 591. The lowest BCUT2D eigenvalue weighted by Gasteiger charge is -2.34. The fourth-order valence-corrected chi connectivity index (χ4v) is 3.49. The highest BCUT2D eigenvalue weighted by molar-refractivity contribution is 7.13. The molecule has 3 rings (SSSR count). The molecular weight excluding hydrogens is 308 g/mol. The first kappa shape index (κ1) is 14.4. The average molecular weight is 324 g/mol. The van der Waals surface area contributed by atoms with E-state index in [0.717, 1.165) is 37.0 Å². The molecule has 9 heteroatoms. The van der Waals surface area contributed by atoms with Crippen LogP contribution >= 0.6 is 22.7 Å². The molecule has 0 bridgehead atoms. The van der Waals surface area contributed by atoms with Crippen molar-refractivity contribution in [2.24, 2.45) is 0 Å². The van der Waals surface area contributed by atoms with Crippen molar-refractivity contribution in [2.45, 2.75) is 6.92 Å². The van der Waals surface area contributed by atoms with Crippen LogP contribution < -0.4 is 10.2 Å². The number of aromatic nitrogens is 3. The summed E-state index contributed by atoms with van der Waals surface area (Å²) in [5.74, 6) is -0.0368. The summed E-state index contributed by atoms with van der Waals surface area (Å²) >= 11 is 3.00. The molecule has 21 heavy (non-hydrogen) atoms. The molecule has 0 spiro atoms. The van der Waals surface area contributed by atoms with E-state index >= 15 is 0 Å². The molecule has 0 radical (unpaired) electrons. The van der Waals surface area contributed by atoms with Crippen molar-refractivity contribution in [3.63, 3.8) is 0 Å². The Hall–Kier alpha value is -1.58. The van der Waals surface area contributed by atoms with Crippen LogP contribution in [-0.2, 0) is 4.79 Å². The van der Waals surface area contributed by atoms with Gasteiger partial charge in [0.1, 0.15) is 5.51 Å². The van der Waals surface area contributed by atoms with Gasteiger partial charge in [-0.15, -0.1) is 21.5 Å². The molecule has 0 unspecified atom stereocenters. The van der Waals surface area contributed by atoms with Crippen molar-refractivity contribution in [3.05, 3.63) is 16.6 Å². The van der Waals surface area contributed by atoms with Crippen LogP contribution in [0.5, 0.6) is 0 Å². The summed E-state index contributed by atoms with van der Waals surface area (Å²) in [6, 6.07) is 0. The number of aryl methyl sites for hydroxylation is 1. The molecule has 1 amide bonds. The Morgan fingerprint density at radius 1 is 1.33 bits per heavy atom. The minimum Gasteiger partial charge on any atom is -0.346 e. The van der Waals surface area contributed by atoms with Crippen molar-refractivity contribution in [1.82, 2.24) is 20.1 Å². The van der Waals surface area contributed by atoms with E-state index in [1.54, 1.807) is 16.8 Å². The third kappa shape index (κ3) is 3.74. The number of rotatable bonds is 4. The van der Waals surface area contributed by atoms with Gasteiger partial charge in [0, 0.05) is 31.6 Å². The fraction of sp³-hybridized carbons (Fsp3) is 0.500. The van der Waals surface area contributed by atoms with Crippen LogP contribution in [0, 0.1) is 6.92 Å². The van der Waals surface area contributed by atoms with Crippen LogP contribution in [0.2, 0.25) is 0 Å². The minimum atomic E-state index is -0.0368. The predicted octanol–water partition coefficient (Wildman–Crippen LogP) is 1.06. The minimum absolute atomic E-state index is 0.0368. The topological polar surface area (TPSA) is 74.2 Å². The van der Waals surface area contributed by atoms with Crippen molar-refractivity contribution in [2.75, 3.05) is 42.9 Å². The zero-order valence-corrected chi connectivity index (χ0v) is 13.3. The molecule has 2 aromatic heterocycles. The van der Waals surface area contributed by atoms with Gasteiger partial charge in [-0.05, 0) is 6.92 Å². The molecule has 0 aliphatic carbocycles. The number of piperazine rings is 1. The second-order valence-electron chi connectivity index (χ2n) is 4.83. The lowest BCUT2D eigenvalue weighted by molar-refractivity contribution is -0.117. The smallest absolute Gasteiger partial charge is 0.240 e. The Labute approximate surface area is 130 Å². The molecule has 3 heterocycles. The molecule has 7 nitrogen and oxygen atoms in total. The van der Waals surface area contributed by atoms with Gasteiger partial charge in [0.25, 0.3) is 0 Å². The lowest BCUT2D eigenvalue weighted by atomic mass is 10.3. The maximum absolute atomic E-state index is 11.9. The predicted molar refractivity (Wildman–Crippen MR) is 84.0 cm³/mol. The summed E-state index contributed by atoms with van der Waals surface area (Å²) in [4.78, 5) is 20.8. The number of carbonyl (C=O) groups excluding carboxylic acids is 1. The van der Waals surface area contributed by atoms with Crippen LogP contribution in [0.15, 0.2) is 10.9 Å². The lowest BCUT2D eigenvalue weighted by Crippen LogP contribution is -2.48. The number of carbonyl (C=O) groups is 1. The summed E-state index contributed by atoms with van der Waals surface area (Å²) < 4.78 is 0. The number of hydrogen-bond donors (Lipinski definition) is 1. The molecule has 2 aromatic rings. The average Bonchev–Trinajstić information content (AvgIpc) is 3.11. The number of thiazole rings is 1. The number of nitrogens with one attached hydrogen (secondary N) is 1. The largest absolute Gasteiger partial charge is 0.346 e. The van der Waals surface area contributed by atoms with E-state index in [0.29, 0.717) is 11.7 Å². The zero-order chi connectivity index (χ0) is 14.7. The molecule has 1 saturated heterocycles. The summed E-state index contributed by atoms with van der Waals surface area (Å²) in [5, 5.41) is 14.0. The Kier molecular flexibility index (Phi) is 4.42. The zero-order valence-electron chi connectivity index (χ0n) is 11.7. The number of anilines is 2. The van der Waals surface area contributed by atoms with Gasteiger partial charge in [0.2, 0.25) is 11.0 Å². The fourth-order valence-electron chi connectivity index (χ4n) is 2.17. The maximum atomic E-state index is 11.9. The van der Waals surface area contributed by atoms with Gasteiger partial charge in [-0.3, -0.25) is 15.0 Å². The first-order valence-electron chi connectivity index (χ1n) is 6.66. The van der Waals surface area contributed by atoms with Crippen molar-refractivity contribution in [1.29, 1.82) is 0 Å². The summed E-state index contributed by atoms with van der Waals surface area (Å²) in [7, 11) is 0. The highest BCUT2D eigenvalue weighted by Gasteiger charge is 2.21. The third-order valence-corrected chi connectivity index (χ3v) is 4.85. The van der Waals surface area contributed by atoms with Crippen molar-refractivity contribution in [3.8, 4) is 0 Å². The number of hydrogen-bond acceptors (Lipinski definition) is 8. The van der Waals surface area contributed by atoms with Crippen LogP contribution in [0.3, 0.4) is 0 Å². The molecule has 1 fully saturated rings. The summed E-state index contributed by atoms with van der Waals surface area (Å²) in [6.07, 6.45) is 0. The molecule has 1 N–H and O–H groups in total. The maximum Gasteiger partial charge on any atom is 0.240 e. The van der Waals surface area contributed by atoms with Crippen LogP contribution in [0.25, 0.3) is 0 Å². The summed E-state index contributed by atoms with van der Waals surface area (Å²) in [6.45, 7) is 5.93. The highest BCUT2D eigenvalue weighted by atomic mass is 32.1. The third-order valence-electron chi connectivity index (χ3n) is 3.22. The van der Waals surface area contributed by atoms with Gasteiger partial charge in [-0.25, -0.2) is 4.98 Å². The van der Waals surface area contributed by atoms with E-state index in [1.807, 2.05) is 6.92 Å². The molecule has 1 aliphatic rings. The van der Waals surface area contributed by atoms with Gasteiger partial charge in [-0.1, -0.05) is 11.3 Å². The quantitative estimate of drug-likeness (QED) is 0.906. The van der Waals surface area contributed by atoms with E-state index in [9.17, 15) is 4.79 Å². The highest BCUT2D eigenvalue weighted by Crippen LogP contribution is 2.21.